The first-order chi connectivity index (χ1) is 9.60. The highest BCUT2D eigenvalue weighted by atomic mass is 16.2. The van der Waals surface area contributed by atoms with E-state index in [4.69, 9.17) is 0 Å². The molecule has 0 atom stereocenters. The summed E-state index contributed by atoms with van der Waals surface area (Å²) in [6, 6.07) is 3.63. The standard InChI is InChI=1S/C13H13N5O2/c1-6-10(12(19)18-13(20)16-6)8-5-9(14-2)17-11-7(8)3-4-15-11/h3-5H,1-2H3,(H2,14,15,17)(H2,16,18,19,20). The Labute approximate surface area is 113 Å². The number of hydrogen-bond donors (Lipinski definition) is 4. The highest BCUT2D eigenvalue weighted by molar-refractivity contribution is 5.95. The van der Waals surface area contributed by atoms with Crippen molar-refractivity contribution in [3.63, 3.8) is 0 Å². The molecule has 0 saturated carbocycles. The Balaban J connectivity index is 2.43. The number of rotatable bonds is 2. The summed E-state index contributed by atoms with van der Waals surface area (Å²) in [5.41, 5.74) is 1.43. The number of aryl methyl sites for hydroxylation is 1. The van der Waals surface area contributed by atoms with Crippen LogP contribution in [-0.2, 0) is 0 Å². The number of pyridine rings is 1. The van der Waals surface area contributed by atoms with Crippen LogP contribution in [0, 0.1) is 6.92 Å². The molecule has 0 radical (unpaired) electrons. The molecule has 0 aliphatic rings. The quantitative estimate of drug-likeness (QED) is 0.557. The molecule has 3 aromatic heterocycles. The number of aromatic nitrogens is 4. The summed E-state index contributed by atoms with van der Waals surface area (Å²) in [4.78, 5) is 35.6. The van der Waals surface area contributed by atoms with E-state index in [2.05, 4.69) is 25.3 Å². The van der Waals surface area contributed by atoms with Gasteiger partial charge in [0.25, 0.3) is 5.56 Å². The van der Waals surface area contributed by atoms with E-state index in [1.807, 2.05) is 6.07 Å². The minimum absolute atomic E-state index is 0.415. The molecule has 3 heterocycles. The summed E-state index contributed by atoms with van der Waals surface area (Å²) < 4.78 is 0. The summed E-state index contributed by atoms with van der Waals surface area (Å²) in [5, 5.41) is 3.78. The van der Waals surface area contributed by atoms with Crippen LogP contribution in [0.3, 0.4) is 0 Å². The highest BCUT2D eigenvalue weighted by Gasteiger charge is 2.14. The van der Waals surface area contributed by atoms with Gasteiger partial charge >= 0.3 is 5.69 Å². The molecule has 0 fully saturated rings. The van der Waals surface area contributed by atoms with E-state index >= 15 is 0 Å². The Kier molecular flexibility index (Phi) is 2.67. The summed E-state index contributed by atoms with van der Waals surface area (Å²) >= 11 is 0. The van der Waals surface area contributed by atoms with Crippen molar-refractivity contribution in [1.82, 2.24) is 19.9 Å². The van der Waals surface area contributed by atoms with Crippen molar-refractivity contribution >= 4 is 16.9 Å². The zero-order chi connectivity index (χ0) is 14.3. The zero-order valence-electron chi connectivity index (χ0n) is 11.0. The highest BCUT2D eigenvalue weighted by Crippen LogP contribution is 2.28. The van der Waals surface area contributed by atoms with Gasteiger partial charge in [-0.1, -0.05) is 0 Å². The van der Waals surface area contributed by atoms with Crippen LogP contribution >= 0.6 is 0 Å². The fraction of sp³-hybridized carbons (Fsp3) is 0.154. The van der Waals surface area contributed by atoms with E-state index in [-0.39, 0.29) is 0 Å². The van der Waals surface area contributed by atoms with Gasteiger partial charge in [0.1, 0.15) is 11.5 Å². The molecule has 0 aliphatic heterocycles. The second-order valence-electron chi connectivity index (χ2n) is 4.45. The van der Waals surface area contributed by atoms with Crippen LogP contribution in [0.2, 0.25) is 0 Å². The summed E-state index contributed by atoms with van der Waals surface area (Å²) in [6.45, 7) is 1.70. The number of fused-ring (bicyclic) bond motifs is 1. The van der Waals surface area contributed by atoms with E-state index in [0.29, 0.717) is 22.7 Å². The minimum atomic E-state index is -0.510. The van der Waals surface area contributed by atoms with E-state index in [1.165, 1.54) is 0 Å². The molecule has 0 amide bonds. The maximum absolute atomic E-state index is 12.1. The van der Waals surface area contributed by atoms with Crippen LogP contribution in [0.25, 0.3) is 22.2 Å². The molecule has 102 valence electrons. The predicted molar refractivity (Wildman–Crippen MR) is 77.1 cm³/mol. The first kappa shape index (κ1) is 12.2. The third kappa shape index (κ3) is 1.80. The Morgan fingerprint density at radius 1 is 1.25 bits per heavy atom. The maximum atomic E-state index is 12.1. The zero-order valence-corrected chi connectivity index (χ0v) is 11.0. The van der Waals surface area contributed by atoms with Crippen molar-refractivity contribution in [3.8, 4) is 11.1 Å². The number of aromatic amines is 3. The average Bonchev–Trinajstić information content (AvgIpc) is 2.85. The Morgan fingerprint density at radius 2 is 2.05 bits per heavy atom. The van der Waals surface area contributed by atoms with Crippen LogP contribution in [0.15, 0.2) is 27.9 Å². The van der Waals surface area contributed by atoms with Gasteiger partial charge in [-0.15, -0.1) is 0 Å². The third-order valence-corrected chi connectivity index (χ3v) is 3.18. The van der Waals surface area contributed by atoms with Crippen molar-refractivity contribution in [2.45, 2.75) is 6.92 Å². The second-order valence-corrected chi connectivity index (χ2v) is 4.45. The molecular formula is C13H13N5O2. The first-order valence-electron chi connectivity index (χ1n) is 6.09. The topological polar surface area (TPSA) is 106 Å². The monoisotopic (exact) mass is 271 g/mol. The predicted octanol–water partition coefficient (Wildman–Crippen LogP) is 0.957. The molecule has 0 saturated heterocycles. The molecule has 7 nitrogen and oxygen atoms in total. The van der Waals surface area contributed by atoms with Gasteiger partial charge in [0.15, 0.2) is 0 Å². The fourth-order valence-corrected chi connectivity index (χ4v) is 2.30. The van der Waals surface area contributed by atoms with Gasteiger partial charge in [-0.25, -0.2) is 9.78 Å². The lowest BCUT2D eigenvalue weighted by Crippen LogP contribution is -2.25. The van der Waals surface area contributed by atoms with Crippen LogP contribution < -0.4 is 16.6 Å². The molecule has 0 spiro atoms. The molecule has 0 aromatic carbocycles. The number of nitrogens with one attached hydrogen (secondary N) is 4. The van der Waals surface area contributed by atoms with Gasteiger partial charge in [0.2, 0.25) is 0 Å². The van der Waals surface area contributed by atoms with E-state index in [1.54, 1.807) is 26.2 Å². The molecule has 4 N–H and O–H groups in total. The molecule has 0 unspecified atom stereocenters. The van der Waals surface area contributed by atoms with Crippen LogP contribution in [0.5, 0.6) is 0 Å². The smallest absolute Gasteiger partial charge is 0.325 e. The average molecular weight is 271 g/mol. The van der Waals surface area contributed by atoms with Gasteiger partial charge < -0.3 is 15.3 Å². The number of anilines is 1. The molecule has 3 rings (SSSR count). The lowest BCUT2D eigenvalue weighted by molar-refractivity contribution is 1.000. The minimum Gasteiger partial charge on any atom is -0.373 e. The van der Waals surface area contributed by atoms with E-state index < -0.39 is 11.2 Å². The van der Waals surface area contributed by atoms with Crippen LogP contribution in [-0.4, -0.2) is 27.0 Å². The van der Waals surface area contributed by atoms with Gasteiger partial charge in [-0.2, -0.15) is 0 Å². The lowest BCUT2D eigenvalue weighted by atomic mass is 10.0. The molecule has 20 heavy (non-hydrogen) atoms. The van der Waals surface area contributed by atoms with Gasteiger partial charge in [-0.05, 0) is 19.1 Å². The molecule has 3 aromatic rings. The summed E-state index contributed by atoms with van der Waals surface area (Å²) in [7, 11) is 1.75. The maximum Gasteiger partial charge on any atom is 0.325 e. The van der Waals surface area contributed by atoms with Crippen molar-refractivity contribution in [2.24, 2.45) is 0 Å². The first-order valence-corrected chi connectivity index (χ1v) is 6.09. The number of nitrogens with zero attached hydrogens (tertiary/aromatic N) is 1. The molecule has 0 bridgehead atoms. The van der Waals surface area contributed by atoms with Crippen molar-refractivity contribution in [3.05, 3.63) is 44.9 Å². The van der Waals surface area contributed by atoms with Crippen LogP contribution in [0.1, 0.15) is 5.69 Å². The lowest BCUT2D eigenvalue weighted by Gasteiger charge is -2.08. The molecule has 0 aliphatic carbocycles. The SMILES string of the molecule is CNc1cc(-c2c(C)[nH]c(=O)[nH]c2=O)c2cc[nH]c2n1. The normalized spacial score (nSPS) is 10.9. The molecule has 7 heteroatoms. The van der Waals surface area contributed by atoms with Gasteiger partial charge in [0.05, 0.1) is 5.56 Å². The van der Waals surface area contributed by atoms with Crippen molar-refractivity contribution < 1.29 is 0 Å². The number of hydrogen-bond acceptors (Lipinski definition) is 4. The summed E-state index contributed by atoms with van der Waals surface area (Å²) in [6.07, 6.45) is 1.76. The van der Waals surface area contributed by atoms with E-state index in [9.17, 15) is 9.59 Å². The largest absolute Gasteiger partial charge is 0.373 e. The fourth-order valence-electron chi connectivity index (χ4n) is 2.30. The van der Waals surface area contributed by atoms with E-state index in [0.717, 1.165) is 10.9 Å². The Morgan fingerprint density at radius 3 is 2.75 bits per heavy atom. The van der Waals surface area contributed by atoms with Crippen molar-refractivity contribution in [1.29, 1.82) is 0 Å². The second kappa shape index (κ2) is 4.37. The Hall–Kier alpha value is -2.83. The number of H-pyrrole nitrogens is 3. The van der Waals surface area contributed by atoms with Gasteiger partial charge in [0, 0.05) is 29.9 Å². The third-order valence-electron chi connectivity index (χ3n) is 3.18. The van der Waals surface area contributed by atoms with Crippen molar-refractivity contribution in [2.75, 3.05) is 12.4 Å². The Bertz CT molecular complexity index is 903. The molecular weight excluding hydrogens is 258 g/mol. The summed E-state index contributed by atoms with van der Waals surface area (Å²) in [5.74, 6) is 0.639. The van der Waals surface area contributed by atoms with Crippen LogP contribution in [0.4, 0.5) is 5.82 Å². The van der Waals surface area contributed by atoms with Gasteiger partial charge in [-0.3, -0.25) is 9.78 Å².